The first-order chi connectivity index (χ1) is 30.6. The molecule has 3 saturated carbocycles. The van der Waals surface area contributed by atoms with E-state index in [1.807, 2.05) is 35.1 Å². The summed E-state index contributed by atoms with van der Waals surface area (Å²) in [6.07, 6.45) is 8.07. The summed E-state index contributed by atoms with van der Waals surface area (Å²) >= 11 is 1.46. The number of carbonyl (C=O) groups excluding carboxylic acids is 1. The average molecular weight is 958 g/mol. The molecule has 2 bridgehead atoms. The minimum atomic E-state index is -6.07. The molecule has 3 aromatic carbocycles. The Morgan fingerprint density at radius 3 is 2.14 bits per heavy atom. The number of amides is 1. The number of anilines is 2. The van der Waals surface area contributed by atoms with Crippen LogP contribution in [0.2, 0.25) is 0 Å². The molecule has 0 aromatic heterocycles. The van der Waals surface area contributed by atoms with E-state index < -0.39 is 52.3 Å². The van der Waals surface area contributed by atoms with E-state index in [0.29, 0.717) is 67.3 Å². The molecule has 2 aliphatic heterocycles. The lowest BCUT2D eigenvalue weighted by Gasteiger charge is -2.72. The number of ether oxygens (including phenoxy) is 1. The summed E-state index contributed by atoms with van der Waals surface area (Å²) in [6, 6.07) is 18.4. The zero-order valence-electron chi connectivity index (χ0n) is 37.8. The van der Waals surface area contributed by atoms with Gasteiger partial charge in [-0.05, 0) is 123 Å². The van der Waals surface area contributed by atoms with E-state index in [1.165, 1.54) is 56.0 Å². The lowest BCUT2D eigenvalue weighted by molar-refractivity contribution is -0.166. The molecule has 1 unspecified atom stereocenters. The van der Waals surface area contributed by atoms with Crippen molar-refractivity contribution in [1.29, 1.82) is 0 Å². The molecule has 65 heavy (non-hydrogen) atoms. The summed E-state index contributed by atoms with van der Waals surface area (Å²) in [7, 11) is -10.9. The van der Waals surface area contributed by atoms with Crippen LogP contribution in [-0.2, 0) is 24.6 Å². The molecule has 2 saturated heterocycles. The number of hydrogen-bond acceptors (Lipinski definition) is 11. The fourth-order valence-corrected chi connectivity index (χ4v) is 14.0. The first kappa shape index (κ1) is 47.9. The molecule has 0 spiro atoms. The number of rotatable bonds is 16. The maximum atomic E-state index is 14.3. The third kappa shape index (κ3) is 10.6. The predicted octanol–water partition coefficient (Wildman–Crippen LogP) is 8.60. The van der Waals surface area contributed by atoms with Crippen LogP contribution in [0, 0.1) is 16.2 Å². The second-order valence-corrected chi connectivity index (χ2v) is 25.0. The summed E-state index contributed by atoms with van der Waals surface area (Å²) in [4.78, 5) is 19.2. The van der Waals surface area contributed by atoms with Crippen molar-refractivity contribution in [2.75, 3.05) is 81.5 Å². The van der Waals surface area contributed by atoms with E-state index in [2.05, 4.69) is 40.8 Å². The van der Waals surface area contributed by atoms with E-state index in [0.717, 1.165) is 61.9 Å². The van der Waals surface area contributed by atoms with Crippen molar-refractivity contribution >= 4 is 48.9 Å². The molecule has 11 nitrogen and oxygen atoms in total. The Kier molecular flexibility index (Phi) is 13.4. The number of thioether (sulfide) groups is 1. The number of piperazine rings is 1. The third-order valence-corrected chi connectivity index (χ3v) is 18.5. The zero-order valence-corrected chi connectivity index (χ0v) is 40.3. The Labute approximate surface area is 386 Å². The lowest BCUT2D eigenvalue weighted by Crippen LogP contribution is -2.61. The molecule has 6 aliphatic rings. The first-order valence-electron chi connectivity index (χ1n) is 22.6. The van der Waals surface area contributed by atoms with Crippen LogP contribution in [0.25, 0.3) is 0 Å². The van der Waals surface area contributed by atoms with Gasteiger partial charge < -0.3 is 15.0 Å². The van der Waals surface area contributed by atoms with Gasteiger partial charge in [0, 0.05) is 79.8 Å². The van der Waals surface area contributed by atoms with Gasteiger partial charge in [0.05, 0.1) is 23.8 Å². The number of allylic oxidation sites excluding steroid dienone is 1. The molecule has 0 radical (unpaired) electrons. The highest BCUT2D eigenvalue weighted by molar-refractivity contribution is 7.99. The molecule has 2 heterocycles. The van der Waals surface area contributed by atoms with Crippen molar-refractivity contribution in [2.24, 2.45) is 16.2 Å². The van der Waals surface area contributed by atoms with E-state index in [-0.39, 0.29) is 5.56 Å². The molecule has 2 N–H and O–H groups in total. The standard InChI is InChI=1S/C48H62F3N5O6S3/c1-44(2)17-16-40(47-31-45(3,32-47)33-47)36(29-44)30-55-20-22-56(23-21-55)37-12-10-35(11-13-37)43(57)53-65(60,61)39-14-15-41(42(28-39)64(58,59)48(49,50)51)52-46(4,18-19-54-24-26-62-27-25-54)34-63-38-8-6-5-7-9-38/h5-15,28,52H,16-27,29-34H2,1-4H3,(H,53,57). The second-order valence-electron chi connectivity index (χ2n) is 20.4. The summed E-state index contributed by atoms with van der Waals surface area (Å²) in [6.45, 7) is 16.4. The Morgan fingerprint density at radius 2 is 1.51 bits per heavy atom. The van der Waals surface area contributed by atoms with E-state index in [1.54, 1.807) is 30.2 Å². The van der Waals surface area contributed by atoms with Crippen LogP contribution >= 0.6 is 11.8 Å². The SMILES string of the molecule is CC1(C)CCC(C23CC(C)(C2)C3)=C(CN2CCN(c3ccc(C(=O)NS(=O)(=O)c4ccc(NC(C)(CCN5CCOCC5)CSc5ccccc5)c(S(=O)(=O)C(F)(F)F)c4)cc3)CC2)C1. The van der Waals surface area contributed by atoms with Gasteiger partial charge in [-0.1, -0.05) is 50.1 Å². The number of sulfone groups is 1. The molecule has 9 rings (SSSR count). The summed E-state index contributed by atoms with van der Waals surface area (Å²) in [5.41, 5.74) is -1.45. The number of morpholine rings is 1. The fourth-order valence-electron chi connectivity index (χ4n) is 10.9. The van der Waals surface area contributed by atoms with Crippen molar-refractivity contribution < 1.29 is 39.5 Å². The van der Waals surface area contributed by atoms with Gasteiger partial charge in [0.15, 0.2) is 0 Å². The van der Waals surface area contributed by atoms with Crippen LogP contribution in [0.1, 0.15) is 83.0 Å². The highest BCUT2D eigenvalue weighted by Gasteiger charge is 2.66. The molecular weight excluding hydrogens is 896 g/mol. The predicted molar refractivity (Wildman–Crippen MR) is 250 cm³/mol. The van der Waals surface area contributed by atoms with Crippen LogP contribution < -0.4 is 14.9 Å². The van der Waals surface area contributed by atoms with Gasteiger partial charge in [-0.25, -0.2) is 21.6 Å². The number of benzene rings is 3. The molecule has 3 aromatic rings. The smallest absolute Gasteiger partial charge is 0.379 e. The van der Waals surface area contributed by atoms with Gasteiger partial charge in [-0.15, -0.1) is 11.8 Å². The summed E-state index contributed by atoms with van der Waals surface area (Å²) < 4.78 is 104. The normalized spacial score (nSPS) is 25.0. The number of carbonyl (C=O) groups is 1. The maximum Gasteiger partial charge on any atom is 0.501 e. The first-order valence-corrected chi connectivity index (χ1v) is 26.6. The fraction of sp³-hybridized carbons (Fsp3) is 0.562. The number of halogens is 3. The monoisotopic (exact) mass is 957 g/mol. The van der Waals surface area contributed by atoms with Crippen LogP contribution in [0.15, 0.2) is 98.6 Å². The third-order valence-electron chi connectivity index (χ3n) is 14.3. The van der Waals surface area contributed by atoms with Gasteiger partial charge in [0.2, 0.25) is 0 Å². The molecule has 4 aliphatic carbocycles. The average Bonchev–Trinajstić information content (AvgIpc) is 3.24. The van der Waals surface area contributed by atoms with Crippen molar-refractivity contribution in [1.82, 2.24) is 14.5 Å². The van der Waals surface area contributed by atoms with E-state index in [9.17, 15) is 34.8 Å². The summed E-state index contributed by atoms with van der Waals surface area (Å²) in [5.74, 6) is -0.662. The molecule has 1 amide bonds. The zero-order chi connectivity index (χ0) is 46.5. The second kappa shape index (κ2) is 18.1. The van der Waals surface area contributed by atoms with Gasteiger partial charge in [-0.2, -0.15) is 13.2 Å². The number of nitrogens with zero attached hydrogens (tertiary/aromatic N) is 3. The van der Waals surface area contributed by atoms with Crippen molar-refractivity contribution in [2.45, 2.75) is 98.4 Å². The quantitative estimate of drug-likeness (QED) is 0.106. The van der Waals surface area contributed by atoms with Crippen LogP contribution in [0.4, 0.5) is 24.5 Å². The van der Waals surface area contributed by atoms with Crippen molar-refractivity contribution in [3.63, 3.8) is 0 Å². The topological polar surface area (TPSA) is 128 Å². The highest BCUT2D eigenvalue weighted by atomic mass is 32.2. The minimum Gasteiger partial charge on any atom is -0.379 e. The van der Waals surface area contributed by atoms with Crippen LogP contribution in [0.5, 0.6) is 0 Å². The Balaban J connectivity index is 0.937. The van der Waals surface area contributed by atoms with Gasteiger partial charge in [0.1, 0.15) is 4.90 Å². The summed E-state index contributed by atoms with van der Waals surface area (Å²) in [5, 5.41) is 3.08. The van der Waals surface area contributed by atoms with Crippen molar-refractivity contribution in [3.8, 4) is 0 Å². The lowest BCUT2D eigenvalue weighted by atomic mass is 9.33. The van der Waals surface area contributed by atoms with Crippen molar-refractivity contribution in [3.05, 3.63) is 89.5 Å². The minimum absolute atomic E-state index is 0.0196. The molecular formula is C48H62F3N5O6S3. The van der Waals surface area contributed by atoms with Gasteiger partial charge in [0.25, 0.3) is 25.8 Å². The Hall–Kier alpha value is -3.61. The molecule has 354 valence electrons. The molecule has 5 fully saturated rings. The van der Waals surface area contributed by atoms with Gasteiger partial charge in [-0.3, -0.25) is 14.6 Å². The Bertz CT molecular complexity index is 2470. The van der Waals surface area contributed by atoms with Crippen LogP contribution in [-0.4, -0.2) is 115 Å². The van der Waals surface area contributed by atoms with Gasteiger partial charge >= 0.3 is 5.51 Å². The van der Waals surface area contributed by atoms with E-state index in [4.69, 9.17) is 4.74 Å². The maximum absolute atomic E-state index is 14.3. The number of hydrogen-bond donors (Lipinski definition) is 2. The number of nitrogens with one attached hydrogen (secondary N) is 2. The molecule has 17 heteroatoms. The largest absolute Gasteiger partial charge is 0.501 e. The van der Waals surface area contributed by atoms with E-state index >= 15 is 0 Å². The number of alkyl halides is 3. The molecule has 1 atom stereocenters. The Morgan fingerprint density at radius 1 is 0.846 bits per heavy atom. The highest BCUT2D eigenvalue weighted by Crippen LogP contribution is 2.77. The number of sulfonamides is 1. The van der Waals surface area contributed by atoms with Crippen LogP contribution in [0.3, 0.4) is 0 Å².